The summed E-state index contributed by atoms with van der Waals surface area (Å²) in [7, 11) is 0. The molecule has 4 N–H and O–H groups in total. The summed E-state index contributed by atoms with van der Waals surface area (Å²) in [5.41, 5.74) is -1.20. The third-order valence-electron chi connectivity index (χ3n) is 2.09. The summed E-state index contributed by atoms with van der Waals surface area (Å²) in [4.78, 5) is 21.8. The van der Waals surface area contributed by atoms with Gasteiger partial charge in [0.1, 0.15) is 0 Å². The van der Waals surface area contributed by atoms with Crippen molar-refractivity contribution in [2.45, 2.75) is 19.1 Å². The van der Waals surface area contributed by atoms with Crippen LogP contribution in [0.4, 0.5) is 4.79 Å². The normalized spacial score (nSPS) is 13.8. The van der Waals surface area contributed by atoms with Crippen molar-refractivity contribution in [1.29, 1.82) is 0 Å². The smallest absolute Gasteiger partial charge is 0.337 e. The predicted octanol–water partition coefficient (Wildman–Crippen LogP) is -0.0856. The van der Waals surface area contributed by atoms with Crippen LogP contribution in [-0.4, -0.2) is 34.4 Å². The summed E-state index contributed by atoms with van der Waals surface area (Å²) in [5, 5.41) is 22.7. The lowest BCUT2D eigenvalue weighted by Gasteiger charge is -2.18. The number of carboxylic acids is 1. The molecule has 0 aliphatic carbocycles. The van der Waals surface area contributed by atoms with Crippen molar-refractivity contribution in [3.8, 4) is 0 Å². The number of furan rings is 1. The number of aliphatic hydroxyl groups is 1. The maximum Gasteiger partial charge on any atom is 0.337 e. The first-order valence-corrected chi connectivity index (χ1v) is 4.90. The van der Waals surface area contributed by atoms with Crippen LogP contribution in [0.5, 0.6) is 0 Å². The zero-order valence-corrected chi connectivity index (χ0v) is 9.27. The number of aliphatic carboxylic acids is 1. The van der Waals surface area contributed by atoms with Crippen LogP contribution in [-0.2, 0) is 11.3 Å². The zero-order valence-electron chi connectivity index (χ0n) is 9.27. The van der Waals surface area contributed by atoms with E-state index in [9.17, 15) is 14.7 Å². The molecule has 0 radical (unpaired) electrons. The highest BCUT2D eigenvalue weighted by atomic mass is 16.4. The van der Waals surface area contributed by atoms with Crippen LogP contribution < -0.4 is 10.6 Å². The molecule has 0 saturated heterocycles. The second kappa shape index (κ2) is 5.35. The molecule has 1 atom stereocenters. The number of hydrogen-bond donors (Lipinski definition) is 4. The fourth-order valence-electron chi connectivity index (χ4n) is 0.966. The van der Waals surface area contributed by atoms with Crippen LogP contribution >= 0.6 is 0 Å². The first kappa shape index (κ1) is 13.0. The molecule has 1 rings (SSSR count). The van der Waals surface area contributed by atoms with Gasteiger partial charge in [-0.25, -0.2) is 9.59 Å². The average molecular weight is 242 g/mol. The van der Waals surface area contributed by atoms with Crippen LogP contribution in [0.3, 0.4) is 0 Å². The van der Waals surface area contributed by atoms with Gasteiger partial charge in [-0.1, -0.05) is 0 Å². The molecule has 1 heterocycles. The molecule has 17 heavy (non-hydrogen) atoms. The molecule has 94 valence electrons. The van der Waals surface area contributed by atoms with Crippen LogP contribution in [0.1, 0.15) is 12.5 Å². The number of urea groups is 1. The minimum absolute atomic E-state index is 0.261. The monoisotopic (exact) mass is 242 g/mol. The van der Waals surface area contributed by atoms with E-state index in [0.29, 0.717) is 0 Å². The Bertz CT molecular complexity index is 385. The largest absolute Gasteiger partial charge is 0.479 e. The Hall–Kier alpha value is -2.02. The van der Waals surface area contributed by atoms with Crippen LogP contribution in [0, 0.1) is 0 Å². The van der Waals surface area contributed by atoms with Gasteiger partial charge in [-0.15, -0.1) is 0 Å². The van der Waals surface area contributed by atoms with Gasteiger partial charge in [0.25, 0.3) is 0 Å². The third kappa shape index (κ3) is 4.15. The number of rotatable bonds is 5. The molecule has 1 aromatic heterocycles. The molecule has 0 saturated carbocycles. The van der Waals surface area contributed by atoms with Crippen LogP contribution in [0.15, 0.2) is 23.0 Å². The Morgan fingerprint density at radius 2 is 2.18 bits per heavy atom. The average Bonchev–Trinajstić information content (AvgIpc) is 2.76. The minimum atomic E-state index is -1.98. The molecule has 2 amide bonds. The second-order valence-electron chi connectivity index (χ2n) is 3.75. The summed E-state index contributed by atoms with van der Waals surface area (Å²) in [6.07, 6.45) is 2.96. The lowest BCUT2D eigenvalue weighted by atomic mass is 10.1. The van der Waals surface area contributed by atoms with Crippen LogP contribution in [0.25, 0.3) is 0 Å². The summed E-state index contributed by atoms with van der Waals surface area (Å²) in [6.45, 7) is 0.989. The standard InChI is InChI=1S/C10H14N2O5/c1-10(16,8(13)14)6-12-9(15)11-4-7-2-3-17-5-7/h2-3,5,16H,4,6H2,1H3,(H,13,14)(H2,11,12,15). The van der Waals surface area contributed by atoms with E-state index in [-0.39, 0.29) is 13.1 Å². The Morgan fingerprint density at radius 1 is 1.47 bits per heavy atom. The van der Waals surface area contributed by atoms with Gasteiger partial charge >= 0.3 is 12.0 Å². The molecule has 7 nitrogen and oxygen atoms in total. The Labute approximate surface area is 97.4 Å². The van der Waals surface area contributed by atoms with Crippen molar-refractivity contribution in [2.75, 3.05) is 6.54 Å². The molecule has 7 heteroatoms. The van der Waals surface area contributed by atoms with E-state index < -0.39 is 17.6 Å². The van der Waals surface area contributed by atoms with Gasteiger partial charge in [0.05, 0.1) is 19.1 Å². The van der Waals surface area contributed by atoms with Crippen molar-refractivity contribution in [1.82, 2.24) is 10.6 Å². The molecule has 0 aliphatic rings. The maximum atomic E-state index is 11.3. The van der Waals surface area contributed by atoms with E-state index in [4.69, 9.17) is 9.52 Å². The molecule has 0 aliphatic heterocycles. The number of nitrogens with one attached hydrogen (secondary N) is 2. The molecular formula is C10H14N2O5. The fraction of sp³-hybridized carbons (Fsp3) is 0.400. The lowest BCUT2D eigenvalue weighted by Crippen LogP contribution is -2.48. The van der Waals surface area contributed by atoms with Gasteiger partial charge in [0, 0.05) is 12.1 Å². The SMILES string of the molecule is CC(O)(CNC(=O)NCc1ccoc1)C(=O)O. The molecule has 1 aromatic rings. The molecular weight excluding hydrogens is 228 g/mol. The molecule has 1 unspecified atom stereocenters. The topological polar surface area (TPSA) is 112 Å². The van der Waals surface area contributed by atoms with Gasteiger partial charge in [0.15, 0.2) is 5.60 Å². The second-order valence-corrected chi connectivity index (χ2v) is 3.75. The summed E-state index contributed by atoms with van der Waals surface area (Å²) >= 11 is 0. The van der Waals surface area contributed by atoms with E-state index in [2.05, 4.69) is 10.6 Å². The van der Waals surface area contributed by atoms with E-state index in [1.54, 1.807) is 6.07 Å². The summed E-state index contributed by atoms with van der Waals surface area (Å²) in [6, 6.07) is 1.13. The number of hydrogen-bond acceptors (Lipinski definition) is 4. The van der Waals surface area contributed by atoms with Gasteiger partial charge in [-0.05, 0) is 13.0 Å². The summed E-state index contributed by atoms with van der Waals surface area (Å²) < 4.78 is 4.80. The first-order chi connectivity index (χ1) is 7.92. The number of carbonyl (C=O) groups is 2. The van der Waals surface area contributed by atoms with Crippen molar-refractivity contribution in [2.24, 2.45) is 0 Å². The minimum Gasteiger partial charge on any atom is -0.479 e. The van der Waals surface area contributed by atoms with E-state index in [1.165, 1.54) is 12.5 Å². The van der Waals surface area contributed by atoms with E-state index in [0.717, 1.165) is 12.5 Å². The van der Waals surface area contributed by atoms with Gasteiger partial charge in [-0.2, -0.15) is 0 Å². The highest BCUT2D eigenvalue weighted by molar-refractivity contribution is 5.79. The predicted molar refractivity (Wildman–Crippen MR) is 57.2 cm³/mol. The Kier molecular flexibility index (Phi) is 4.11. The number of carbonyl (C=O) groups excluding carboxylic acids is 1. The van der Waals surface area contributed by atoms with Crippen molar-refractivity contribution in [3.05, 3.63) is 24.2 Å². The number of carboxylic acid groups (broad SMARTS) is 1. The van der Waals surface area contributed by atoms with Crippen molar-refractivity contribution in [3.63, 3.8) is 0 Å². The van der Waals surface area contributed by atoms with Crippen LogP contribution in [0.2, 0.25) is 0 Å². The van der Waals surface area contributed by atoms with E-state index >= 15 is 0 Å². The quantitative estimate of drug-likeness (QED) is 0.576. The fourth-order valence-corrected chi connectivity index (χ4v) is 0.966. The van der Waals surface area contributed by atoms with Gasteiger partial charge in [-0.3, -0.25) is 0 Å². The molecule has 0 spiro atoms. The Balaban J connectivity index is 2.28. The molecule has 0 bridgehead atoms. The third-order valence-corrected chi connectivity index (χ3v) is 2.09. The maximum absolute atomic E-state index is 11.3. The first-order valence-electron chi connectivity index (χ1n) is 4.90. The van der Waals surface area contributed by atoms with E-state index in [1.807, 2.05) is 0 Å². The summed E-state index contributed by atoms with van der Waals surface area (Å²) in [5.74, 6) is -1.40. The molecule has 0 fully saturated rings. The highest BCUT2D eigenvalue weighted by Crippen LogP contribution is 2.01. The van der Waals surface area contributed by atoms with Gasteiger partial charge in [0.2, 0.25) is 0 Å². The van der Waals surface area contributed by atoms with Crippen molar-refractivity contribution < 1.29 is 24.2 Å². The van der Waals surface area contributed by atoms with Gasteiger partial charge < -0.3 is 25.3 Å². The molecule has 0 aromatic carbocycles. The number of amides is 2. The Morgan fingerprint density at radius 3 is 2.71 bits per heavy atom. The lowest BCUT2D eigenvalue weighted by molar-refractivity contribution is -0.155. The highest BCUT2D eigenvalue weighted by Gasteiger charge is 2.30. The zero-order chi connectivity index (χ0) is 12.9. The van der Waals surface area contributed by atoms with Crippen molar-refractivity contribution >= 4 is 12.0 Å².